The topological polar surface area (TPSA) is 71.3 Å². The van der Waals surface area contributed by atoms with Gasteiger partial charge in [0.05, 0.1) is 29.4 Å². The third kappa shape index (κ3) is 5.40. The summed E-state index contributed by atoms with van der Waals surface area (Å²) in [7, 11) is 1.55. The van der Waals surface area contributed by atoms with Gasteiger partial charge in [-0.05, 0) is 42.3 Å². The molecule has 0 saturated carbocycles. The Morgan fingerprint density at radius 2 is 2.04 bits per heavy atom. The molecule has 2 rings (SSSR count). The first kappa shape index (κ1) is 20.6. The van der Waals surface area contributed by atoms with E-state index in [4.69, 9.17) is 32.7 Å². The number of nitriles is 1. The number of amides is 1. The lowest BCUT2D eigenvalue weighted by Crippen LogP contribution is -2.13. The van der Waals surface area contributed by atoms with Crippen LogP contribution in [0.5, 0.6) is 11.5 Å². The molecule has 2 aromatic rings. The van der Waals surface area contributed by atoms with Crippen LogP contribution in [0.25, 0.3) is 6.08 Å². The minimum atomic E-state index is -0.589. The molecule has 0 radical (unpaired) electrons. The van der Waals surface area contributed by atoms with Crippen molar-refractivity contribution in [3.63, 3.8) is 0 Å². The predicted octanol–water partition coefficient (Wildman–Crippen LogP) is 5.34. The van der Waals surface area contributed by atoms with Gasteiger partial charge >= 0.3 is 0 Å². The van der Waals surface area contributed by atoms with Crippen LogP contribution in [0.4, 0.5) is 5.69 Å². The maximum Gasteiger partial charge on any atom is 0.266 e. The molecule has 2 aromatic carbocycles. The Bertz CT molecular complexity index is 905. The van der Waals surface area contributed by atoms with E-state index in [1.807, 2.05) is 13.0 Å². The van der Waals surface area contributed by atoms with E-state index in [1.54, 1.807) is 43.5 Å². The lowest BCUT2D eigenvalue weighted by atomic mass is 10.1. The van der Waals surface area contributed by atoms with Crippen molar-refractivity contribution in [2.24, 2.45) is 0 Å². The van der Waals surface area contributed by atoms with E-state index >= 15 is 0 Å². The number of hydrogen-bond donors (Lipinski definition) is 1. The highest BCUT2D eigenvalue weighted by molar-refractivity contribution is 6.44. The highest BCUT2D eigenvalue weighted by atomic mass is 35.5. The third-order valence-corrected chi connectivity index (χ3v) is 4.34. The number of carbonyl (C=O) groups excluding carboxylic acids is 1. The second kappa shape index (κ2) is 9.86. The zero-order valence-corrected chi connectivity index (χ0v) is 16.4. The summed E-state index contributed by atoms with van der Waals surface area (Å²) in [6.45, 7) is 2.53. The number of hydrogen-bond acceptors (Lipinski definition) is 4. The molecule has 0 spiro atoms. The Morgan fingerprint density at radius 3 is 2.70 bits per heavy atom. The number of anilines is 1. The Hall–Kier alpha value is -2.68. The molecule has 0 atom stereocenters. The fraction of sp³-hybridized carbons (Fsp3) is 0.200. The van der Waals surface area contributed by atoms with E-state index in [2.05, 4.69) is 5.32 Å². The number of nitrogens with one attached hydrogen (secondary N) is 1. The number of carbonyl (C=O) groups is 1. The minimum absolute atomic E-state index is 0.0855. The van der Waals surface area contributed by atoms with E-state index in [-0.39, 0.29) is 10.6 Å². The van der Waals surface area contributed by atoms with Crippen molar-refractivity contribution < 1.29 is 14.3 Å². The zero-order chi connectivity index (χ0) is 19.8. The van der Waals surface area contributed by atoms with Crippen LogP contribution in [0.1, 0.15) is 18.9 Å². The predicted molar refractivity (Wildman–Crippen MR) is 107 cm³/mol. The molecule has 0 aliphatic heterocycles. The molecule has 0 aliphatic carbocycles. The standard InChI is InChI=1S/C20H18Cl2N2O3/c1-3-9-27-18-11-13(7-8-17(18)26-2)10-14(12-23)20(25)24-16-6-4-5-15(21)19(16)22/h4-8,10-11H,3,9H2,1-2H3,(H,24,25)/b14-10+. The van der Waals surface area contributed by atoms with E-state index in [1.165, 1.54) is 6.08 Å². The van der Waals surface area contributed by atoms with Crippen LogP contribution < -0.4 is 14.8 Å². The monoisotopic (exact) mass is 404 g/mol. The smallest absolute Gasteiger partial charge is 0.266 e. The van der Waals surface area contributed by atoms with Crippen molar-refractivity contribution in [1.82, 2.24) is 0 Å². The van der Waals surface area contributed by atoms with Crippen molar-refractivity contribution in [3.05, 3.63) is 57.6 Å². The van der Waals surface area contributed by atoms with Gasteiger partial charge in [-0.15, -0.1) is 0 Å². The van der Waals surface area contributed by atoms with Crippen LogP contribution in [0, 0.1) is 11.3 Å². The van der Waals surface area contributed by atoms with Crippen LogP contribution in [0.2, 0.25) is 10.0 Å². The van der Waals surface area contributed by atoms with Crippen molar-refractivity contribution in [2.45, 2.75) is 13.3 Å². The maximum atomic E-state index is 12.4. The second-order valence-electron chi connectivity index (χ2n) is 5.48. The summed E-state index contributed by atoms with van der Waals surface area (Å²) in [4.78, 5) is 12.4. The molecule has 1 amide bonds. The fourth-order valence-corrected chi connectivity index (χ4v) is 2.56. The van der Waals surface area contributed by atoms with Gasteiger partial charge in [0.1, 0.15) is 11.6 Å². The number of ether oxygens (including phenoxy) is 2. The number of benzene rings is 2. The minimum Gasteiger partial charge on any atom is -0.493 e. The number of methoxy groups -OCH3 is 1. The van der Waals surface area contributed by atoms with Crippen LogP contribution in [0.15, 0.2) is 42.0 Å². The van der Waals surface area contributed by atoms with E-state index in [0.29, 0.717) is 34.4 Å². The van der Waals surface area contributed by atoms with Crippen LogP contribution in [-0.4, -0.2) is 19.6 Å². The van der Waals surface area contributed by atoms with Gasteiger partial charge in [-0.25, -0.2) is 0 Å². The molecule has 0 aromatic heterocycles. The molecule has 1 N–H and O–H groups in total. The molecule has 140 valence electrons. The summed E-state index contributed by atoms with van der Waals surface area (Å²) in [5, 5.41) is 12.5. The quantitative estimate of drug-likeness (QED) is 0.499. The molecule has 7 heteroatoms. The first-order chi connectivity index (χ1) is 13.0. The number of nitrogens with zero attached hydrogens (tertiary/aromatic N) is 1. The molecule has 0 bridgehead atoms. The first-order valence-electron chi connectivity index (χ1n) is 8.18. The molecule has 0 heterocycles. The molecule has 0 unspecified atom stereocenters. The zero-order valence-electron chi connectivity index (χ0n) is 14.9. The molecule has 27 heavy (non-hydrogen) atoms. The first-order valence-corrected chi connectivity index (χ1v) is 8.93. The largest absolute Gasteiger partial charge is 0.493 e. The SMILES string of the molecule is CCCOc1cc(/C=C(\C#N)C(=O)Nc2cccc(Cl)c2Cl)ccc1OC. The molecule has 0 saturated heterocycles. The van der Waals surface area contributed by atoms with Gasteiger partial charge in [0.2, 0.25) is 0 Å². The van der Waals surface area contributed by atoms with E-state index in [0.717, 1.165) is 6.42 Å². The van der Waals surface area contributed by atoms with Gasteiger partial charge in [-0.1, -0.05) is 42.3 Å². The molecular formula is C20H18Cl2N2O3. The average Bonchev–Trinajstić information content (AvgIpc) is 2.67. The highest BCUT2D eigenvalue weighted by Gasteiger charge is 2.13. The molecule has 0 aliphatic rings. The van der Waals surface area contributed by atoms with Crippen molar-refractivity contribution in [3.8, 4) is 17.6 Å². The van der Waals surface area contributed by atoms with Crippen molar-refractivity contribution in [2.75, 3.05) is 19.0 Å². The average molecular weight is 405 g/mol. The van der Waals surface area contributed by atoms with E-state index in [9.17, 15) is 10.1 Å². The summed E-state index contributed by atoms with van der Waals surface area (Å²) >= 11 is 12.0. The molecule has 0 fully saturated rings. The summed E-state index contributed by atoms with van der Waals surface area (Å²) < 4.78 is 10.9. The van der Waals surface area contributed by atoms with Gasteiger partial charge in [0.15, 0.2) is 11.5 Å². The van der Waals surface area contributed by atoms with Gasteiger partial charge in [0.25, 0.3) is 5.91 Å². The van der Waals surface area contributed by atoms with Crippen molar-refractivity contribution >= 4 is 40.9 Å². The summed E-state index contributed by atoms with van der Waals surface area (Å²) in [5.41, 5.74) is 0.875. The van der Waals surface area contributed by atoms with Gasteiger partial charge in [0, 0.05) is 0 Å². The number of rotatable bonds is 7. The number of halogens is 2. The second-order valence-corrected chi connectivity index (χ2v) is 6.27. The molecule has 5 nitrogen and oxygen atoms in total. The van der Waals surface area contributed by atoms with E-state index < -0.39 is 5.91 Å². The molecular weight excluding hydrogens is 387 g/mol. The van der Waals surface area contributed by atoms with Gasteiger partial charge < -0.3 is 14.8 Å². The maximum absolute atomic E-state index is 12.4. The third-order valence-electron chi connectivity index (χ3n) is 3.53. The summed E-state index contributed by atoms with van der Waals surface area (Å²) in [6, 6.07) is 11.9. The fourth-order valence-electron chi connectivity index (χ4n) is 2.21. The lowest BCUT2D eigenvalue weighted by Gasteiger charge is -2.11. The Labute approximate surface area is 168 Å². The summed E-state index contributed by atoms with van der Waals surface area (Å²) in [5.74, 6) is 0.534. The normalized spacial score (nSPS) is 10.9. The Kier molecular flexibility index (Phi) is 7.54. The summed E-state index contributed by atoms with van der Waals surface area (Å²) in [6.07, 6.45) is 2.31. The Balaban J connectivity index is 2.28. The Morgan fingerprint density at radius 1 is 1.26 bits per heavy atom. The van der Waals surface area contributed by atoms with Gasteiger partial charge in [-0.2, -0.15) is 5.26 Å². The highest BCUT2D eigenvalue weighted by Crippen LogP contribution is 2.31. The van der Waals surface area contributed by atoms with Crippen LogP contribution in [-0.2, 0) is 4.79 Å². The van der Waals surface area contributed by atoms with Gasteiger partial charge in [-0.3, -0.25) is 4.79 Å². The van der Waals surface area contributed by atoms with Crippen molar-refractivity contribution in [1.29, 1.82) is 5.26 Å². The van der Waals surface area contributed by atoms with Crippen LogP contribution in [0.3, 0.4) is 0 Å². The lowest BCUT2D eigenvalue weighted by molar-refractivity contribution is -0.112. The van der Waals surface area contributed by atoms with Crippen LogP contribution >= 0.6 is 23.2 Å².